The van der Waals surface area contributed by atoms with Crippen molar-refractivity contribution >= 4 is 5.82 Å². The fourth-order valence-corrected chi connectivity index (χ4v) is 2.75. The molecule has 0 amide bonds. The van der Waals surface area contributed by atoms with Gasteiger partial charge < -0.3 is 10.6 Å². The standard InChI is InChI=1S/C14H24N4/c15-8-5-11-18(14-12-16-9-10-17-14)13-6-3-1-2-4-7-13/h9-10,12-13H,1-8,11,15H2. The van der Waals surface area contributed by atoms with E-state index in [0.717, 1.165) is 25.3 Å². The third-order valence-corrected chi connectivity index (χ3v) is 3.71. The minimum atomic E-state index is 0.621. The lowest BCUT2D eigenvalue weighted by Gasteiger charge is -2.32. The minimum absolute atomic E-state index is 0.621. The van der Waals surface area contributed by atoms with Gasteiger partial charge in [-0.15, -0.1) is 0 Å². The van der Waals surface area contributed by atoms with E-state index in [4.69, 9.17) is 5.73 Å². The first kappa shape index (κ1) is 13.3. The van der Waals surface area contributed by atoms with Gasteiger partial charge in [0.25, 0.3) is 0 Å². The van der Waals surface area contributed by atoms with Crippen LogP contribution in [-0.2, 0) is 0 Å². The molecule has 1 heterocycles. The van der Waals surface area contributed by atoms with Crippen molar-refractivity contribution in [2.75, 3.05) is 18.0 Å². The highest BCUT2D eigenvalue weighted by molar-refractivity contribution is 5.36. The maximum absolute atomic E-state index is 5.65. The lowest BCUT2D eigenvalue weighted by Crippen LogP contribution is -2.37. The Morgan fingerprint density at radius 3 is 2.56 bits per heavy atom. The van der Waals surface area contributed by atoms with Gasteiger partial charge >= 0.3 is 0 Å². The maximum atomic E-state index is 5.65. The van der Waals surface area contributed by atoms with E-state index in [1.54, 1.807) is 12.4 Å². The first-order valence-electron chi connectivity index (χ1n) is 7.14. The van der Waals surface area contributed by atoms with Crippen molar-refractivity contribution in [3.05, 3.63) is 18.6 Å². The van der Waals surface area contributed by atoms with Gasteiger partial charge in [-0.05, 0) is 25.8 Å². The summed E-state index contributed by atoms with van der Waals surface area (Å²) in [6.45, 7) is 1.74. The number of rotatable bonds is 5. The zero-order chi connectivity index (χ0) is 12.6. The van der Waals surface area contributed by atoms with Crippen molar-refractivity contribution in [2.24, 2.45) is 5.73 Å². The molecule has 1 aromatic heterocycles. The van der Waals surface area contributed by atoms with Crippen LogP contribution in [-0.4, -0.2) is 29.1 Å². The van der Waals surface area contributed by atoms with E-state index in [1.165, 1.54) is 38.5 Å². The number of hydrogen-bond acceptors (Lipinski definition) is 4. The van der Waals surface area contributed by atoms with E-state index in [-0.39, 0.29) is 0 Å². The van der Waals surface area contributed by atoms with Crippen LogP contribution in [0.4, 0.5) is 5.82 Å². The fraction of sp³-hybridized carbons (Fsp3) is 0.714. The third-order valence-electron chi connectivity index (χ3n) is 3.71. The van der Waals surface area contributed by atoms with Gasteiger partial charge in [0.05, 0.1) is 6.20 Å². The van der Waals surface area contributed by atoms with Crippen LogP contribution in [0.2, 0.25) is 0 Å². The summed E-state index contributed by atoms with van der Waals surface area (Å²) in [5.74, 6) is 1.01. The van der Waals surface area contributed by atoms with Gasteiger partial charge in [0.15, 0.2) is 0 Å². The topological polar surface area (TPSA) is 55.0 Å². The van der Waals surface area contributed by atoms with Gasteiger partial charge in [0, 0.05) is 25.0 Å². The van der Waals surface area contributed by atoms with Crippen molar-refractivity contribution in [3.8, 4) is 0 Å². The summed E-state index contributed by atoms with van der Waals surface area (Å²) in [7, 11) is 0. The quantitative estimate of drug-likeness (QED) is 0.813. The first-order valence-corrected chi connectivity index (χ1v) is 7.14. The average molecular weight is 248 g/mol. The SMILES string of the molecule is NCCCN(c1cnccn1)C1CCCCCC1. The fourth-order valence-electron chi connectivity index (χ4n) is 2.75. The van der Waals surface area contributed by atoms with Crippen LogP contribution < -0.4 is 10.6 Å². The number of nitrogens with two attached hydrogens (primary N) is 1. The third kappa shape index (κ3) is 3.67. The van der Waals surface area contributed by atoms with Gasteiger partial charge in [-0.25, -0.2) is 4.98 Å². The highest BCUT2D eigenvalue weighted by atomic mass is 15.2. The Labute approximate surface area is 110 Å². The molecule has 4 heteroatoms. The van der Waals surface area contributed by atoms with Crippen LogP contribution in [0.3, 0.4) is 0 Å². The molecule has 18 heavy (non-hydrogen) atoms. The summed E-state index contributed by atoms with van der Waals surface area (Å²) in [6, 6.07) is 0.621. The second-order valence-electron chi connectivity index (χ2n) is 5.04. The molecule has 1 aliphatic carbocycles. The molecule has 0 saturated heterocycles. The molecule has 2 N–H and O–H groups in total. The number of anilines is 1. The van der Waals surface area contributed by atoms with Crippen LogP contribution >= 0.6 is 0 Å². The Morgan fingerprint density at radius 1 is 1.17 bits per heavy atom. The Balaban J connectivity index is 2.08. The Morgan fingerprint density at radius 2 is 1.94 bits per heavy atom. The summed E-state index contributed by atoms with van der Waals surface area (Å²) in [6.07, 6.45) is 14.4. The molecule has 0 aliphatic heterocycles. The molecule has 1 saturated carbocycles. The molecule has 1 aromatic rings. The molecule has 1 aliphatic rings. The van der Waals surface area contributed by atoms with E-state index in [2.05, 4.69) is 14.9 Å². The van der Waals surface area contributed by atoms with Crippen LogP contribution in [0.1, 0.15) is 44.9 Å². The molecule has 1 fully saturated rings. The normalized spacial score (nSPS) is 17.4. The summed E-state index contributed by atoms with van der Waals surface area (Å²) < 4.78 is 0. The summed E-state index contributed by atoms with van der Waals surface area (Å²) in [4.78, 5) is 11.1. The van der Waals surface area contributed by atoms with Gasteiger partial charge in [-0.3, -0.25) is 4.98 Å². The lowest BCUT2D eigenvalue weighted by atomic mass is 10.1. The second kappa shape index (κ2) is 7.31. The zero-order valence-corrected chi connectivity index (χ0v) is 11.1. The van der Waals surface area contributed by atoms with E-state index in [9.17, 15) is 0 Å². The van der Waals surface area contributed by atoms with Crippen molar-refractivity contribution in [3.63, 3.8) is 0 Å². The van der Waals surface area contributed by atoms with Crippen LogP contribution in [0, 0.1) is 0 Å². The van der Waals surface area contributed by atoms with E-state index in [1.807, 2.05) is 6.20 Å². The van der Waals surface area contributed by atoms with Crippen molar-refractivity contribution in [1.82, 2.24) is 9.97 Å². The molecular formula is C14H24N4. The van der Waals surface area contributed by atoms with Crippen molar-refractivity contribution < 1.29 is 0 Å². The molecule has 100 valence electrons. The molecular weight excluding hydrogens is 224 g/mol. The minimum Gasteiger partial charge on any atom is -0.352 e. The van der Waals surface area contributed by atoms with Crippen molar-refractivity contribution in [2.45, 2.75) is 51.0 Å². The van der Waals surface area contributed by atoms with Crippen LogP contribution in [0.5, 0.6) is 0 Å². The van der Waals surface area contributed by atoms with E-state index in [0.29, 0.717) is 6.04 Å². The van der Waals surface area contributed by atoms with Crippen LogP contribution in [0.25, 0.3) is 0 Å². The molecule has 4 nitrogen and oxygen atoms in total. The predicted octanol–water partition coefficient (Wildman–Crippen LogP) is 2.35. The highest BCUT2D eigenvalue weighted by Crippen LogP contribution is 2.25. The Hall–Kier alpha value is -1.16. The number of hydrogen-bond donors (Lipinski definition) is 1. The first-order chi connectivity index (χ1) is 8.92. The molecule has 0 bridgehead atoms. The summed E-state index contributed by atoms with van der Waals surface area (Å²) in [5, 5.41) is 0. The van der Waals surface area contributed by atoms with Gasteiger partial charge in [0.2, 0.25) is 0 Å². The molecule has 0 atom stereocenters. The monoisotopic (exact) mass is 248 g/mol. The smallest absolute Gasteiger partial charge is 0.147 e. The van der Waals surface area contributed by atoms with Crippen molar-refractivity contribution in [1.29, 1.82) is 0 Å². The van der Waals surface area contributed by atoms with E-state index < -0.39 is 0 Å². The number of aromatic nitrogens is 2. The van der Waals surface area contributed by atoms with Gasteiger partial charge in [-0.1, -0.05) is 25.7 Å². The second-order valence-corrected chi connectivity index (χ2v) is 5.04. The van der Waals surface area contributed by atoms with E-state index >= 15 is 0 Å². The highest BCUT2D eigenvalue weighted by Gasteiger charge is 2.20. The molecule has 2 rings (SSSR count). The molecule has 0 unspecified atom stereocenters. The largest absolute Gasteiger partial charge is 0.352 e. The Kier molecular flexibility index (Phi) is 5.39. The Bertz CT molecular complexity index is 320. The summed E-state index contributed by atoms with van der Waals surface area (Å²) >= 11 is 0. The summed E-state index contributed by atoms with van der Waals surface area (Å²) in [5.41, 5.74) is 5.65. The molecule has 0 spiro atoms. The lowest BCUT2D eigenvalue weighted by molar-refractivity contribution is 0.514. The molecule has 0 aromatic carbocycles. The van der Waals surface area contributed by atoms with Crippen LogP contribution in [0.15, 0.2) is 18.6 Å². The number of nitrogens with zero attached hydrogens (tertiary/aromatic N) is 3. The maximum Gasteiger partial charge on any atom is 0.147 e. The van der Waals surface area contributed by atoms with Gasteiger partial charge in [0.1, 0.15) is 5.82 Å². The predicted molar refractivity (Wildman–Crippen MR) is 74.5 cm³/mol. The average Bonchev–Trinajstić information content (AvgIpc) is 2.70. The van der Waals surface area contributed by atoms with Gasteiger partial charge in [-0.2, -0.15) is 0 Å². The zero-order valence-electron chi connectivity index (χ0n) is 11.1. The molecule has 0 radical (unpaired) electrons.